The Bertz CT molecular complexity index is 628. The van der Waals surface area contributed by atoms with Gasteiger partial charge in [0.2, 0.25) is 5.91 Å². The van der Waals surface area contributed by atoms with E-state index in [4.69, 9.17) is 11.6 Å². The molecule has 0 fully saturated rings. The smallest absolute Gasteiger partial charge is 0.225 e. The average Bonchev–Trinajstić information content (AvgIpc) is 2.45. The topological polar surface area (TPSA) is 41.1 Å². The van der Waals surface area contributed by atoms with E-state index in [9.17, 15) is 4.79 Å². The molecule has 3 nitrogen and oxygen atoms in total. The zero-order chi connectivity index (χ0) is 13.9. The van der Waals surface area contributed by atoms with Gasteiger partial charge in [0.05, 0.1) is 6.04 Å². The van der Waals surface area contributed by atoms with Crippen molar-refractivity contribution in [2.24, 2.45) is 0 Å². The monoisotopic (exact) mass is 286 g/mol. The molecule has 1 aliphatic heterocycles. The fourth-order valence-electron chi connectivity index (χ4n) is 2.48. The third kappa shape index (κ3) is 2.69. The average molecular weight is 287 g/mol. The maximum Gasteiger partial charge on any atom is 0.225 e. The van der Waals surface area contributed by atoms with Crippen LogP contribution < -0.4 is 10.6 Å². The molecule has 1 atom stereocenters. The van der Waals surface area contributed by atoms with Gasteiger partial charge in [-0.15, -0.1) is 0 Å². The van der Waals surface area contributed by atoms with Gasteiger partial charge in [0.25, 0.3) is 0 Å². The van der Waals surface area contributed by atoms with Gasteiger partial charge in [-0.1, -0.05) is 41.9 Å². The molecule has 4 heteroatoms. The van der Waals surface area contributed by atoms with Crippen molar-refractivity contribution in [3.63, 3.8) is 0 Å². The quantitative estimate of drug-likeness (QED) is 0.844. The second-order valence-electron chi connectivity index (χ2n) is 4.83. The molecule has 0 radical (unpaired) electrons. The first-order chi connectivity index (χ1) is 9.74. The highest BCUT2D eigenvalue weighted by Crippen LogP contribution is 2.32. The Morgan fingerprint density at radius 1 is 1.10 bits per heavy atom. The number of hydrogen-bond acceptors (Lipinski definition) is 2. The fraction of sp³-hybridized carbons (Fsp3) is 0.188. The van der Waals surface area contributed by atoms with Gasteiger partial charge >= 0.3 is 0 Å². The molecule has 102 valence electrons. The molecule has 2 N–H and O–H groups in total. The Balaban J connectivity index is 2.09. The molecular formula is C16H15ClN2O. The van der Waals surface area contributed by atoms with Crippen LogP contribution in [0.15, 0.2) is 48.5 Å². The molecule has 1 aliphatic rings. The van der Waals surface area contributed by atoms with Crippen molar-refractivity contribution in [3.05, 3.63) is 64.7 Å². The van der Waals surface area contributed by atoms with E-state index in [1.165, 1.54) is 0 Å². The highest BCUT2D eigenvalue weighted by Gasteiger charge is 2.21. The van der Waals surface area contributed by atoms with Crippen molar-refractivity contribution in [2.45, 2.75) is 12.5 Å². The van der Waals surface area contributed by atoms with E-state index in [-0.39, 0.29) is 11.9 Å². The van der Waals surface area contributed by atoms with Crippen LogP contribution in [0.3, 0.4) is 0 Å². The number of amides is 1. The Kier molecular flexibility index (Phi) is 3.72. The molecule has 2 aromatic carbocycles. The summed E-state index contributed by atoms with van der Waals surface area (Å²) in [4.78, 5) is 11.7. The highest BCUT2D eigenvalue weighted by atomic mass is 35.5. The summed E-state index contributed by atoms with van der Waals surface area (Å²) in [5.74, 6) is 0.0209. The SMILES string of the molecule is O=C1CCNC(c2ccccc2)c2cc(Cl)ccc2N1. The van der Waals surface area contributed by atoms with Crippen LogP contribution in [-0.2, 0) is 4.79 Å². The molecule has 1 unspecified atom stereocenters. The van der Waals surface area contributed by atoms with Crippen LogP contribution in [0.4, 0.5) is 5.69 Å². The van der Waals surface area contributed by atoms with Crippen LogP contribution in [0.1, 0.15) is 23.6 Å². The maximum atomic E-state index is 11.7. The number of halogens is 1. The van der Waals surface area contributed by atoms with E-state index < -0.39 is 0 Å². The molecule has 20 heavy (non-hydrogen) atoms. The van der Waals surface area contributed by atoms with Gasteiger partial charge < -0.3 is 10.6 Å². The number of carbonyl (C=O) groups is 1. The van der Waals surface area contributed by atoms with Crippen molar-refractivity contribution in [2.75, 3.05) is 11.9 Å². The number of benzene rings is 2. The van der Waals surface area contributed by atoms with Crippen LogP contribution in [-0.4, -0.2) is 12.5 Å². The number of rotatable bonds is 1. The summed E-state index contributed by atoms with van der Waals surface area (Å²) in [6.07, 6.45) is 0.464. The van der Waals surface area contributed by atoms with Crippen molar-refractivity contribution in [1.29, 1.82) is 0 Å². The second kappa shape index (κ2) is 5.65. The van der Waals surface area contributed by atoms with Crippen LogP contribution in [0.25, 0.3) is 0 Å². The minimum Gasteiger partial charge on any atom is -0.326 e. The lowest BCUT2D eigenvalue weighted by Gasteiger charge is -2.25. The molecule has 0 saturated heterocycles. The van der Waals surface area contributed by atoms with Crippen molar-refractivity contribution in [3.8, 4) is 0 Å². The third-order valence-corrected chi connectivity index (χ3v) is 3.67. The van der Waals surface area contributed by atoms with Crippen LogP contribution in [0, 0.1) is 0 Å². The predicted octanol–water partition coefficient (Wildman–Crippen LogP) is 3.36. The summed E-state index contributed by atoms with van der Waals surface area (Å²) >= 11 is 6.12. The zero-order valence-electron chi connectivity index (χ0n) is 10.9. The lowest BCUT2D eigenvalue weighted by molar-refractivity contribution is -0.116. The molecule has 0 spiro atoms. The van der Waals surface area contributed by atoms with Crippen molar-refractivity contribution < 1.29 is 4.79 Å². The minimum absolute atomic E-state index is 0.0209. The number of nitrogens with one attached hydrogen (secondary N) is 2. The molecule has 3 rings (SSSR count). The molecule has 1 heterocycles. The standard InChI is InChI=1S/C16H15ClN2O/c17-12-6-7-14-13(10-12)16(11-4-2-1-3-5-11)18-9-8-15(20)19-14/h1-7,10,16,18H,8-9H2,(H,19,20). The van der Waals surface area contributed by atoms with Crippen LogP contribution in [0.2, 0.25) is 5.02 Å². The summed E-state index contributed by atoms with van der Waals surface area (Å²) in [7, 11) is 0. The summed E-state index contributed by atoms with van der Waals surface area (Å²) in [6.45, 7) is 0.636. The van der Waals surface area contributed by atoms with Gasteiger partial charge in [0.1, 0.15) is 0 Å². The van der Waals surface area contributed by atoms with Crippen molar-refractivity contribution in [1.82, 2.24) is 5.32 Å². The zero-order valence-corrected chi connectivity index (χ0v) is 11.7. The van der Waals surface area contributed by atoms with E-state index in [1.807, 2.05) is 30.3 Å². The second-order valence-corrected chi connectivity index (χ2v) is 5.26. The summed E-state index contributed by atoms with van der Waals surface area (Å²) in [6, 6.07) is 15.8. The summed E-state index contributed by atoms with van der Waals surface area (Å²) < 4.78 is 0. The van der Waals surface area contributed by atoms with E-state index in [0.29, 0.717) is 18.0 Å². The molecule has 0 aromatic heterocycles. The van der Waals surface area contributed by atoms with Crippen molar-refractivity contribution >= 4 is 23.2 Å². The Hall–Kier alpha value is -1.84. The Labute approximate surface area is 123 Å². The summed E-state index contributed by atoms with van der Waals surface area (Å²) in [5, 5.41) is 7.05. The number of carbonyl (C=O) groups excluding carboxylic acids is 1. The molecule has 0 aliphatic carbocycles. The fourth-order valence-corrected chi connectivity index (χ4v) is 2.66. The Morgan fingerprint density at radius 3 is 2.70 bits per heavy atom. The molecule has 2 aromatic rings. The third-order valence-electron chi connectivity index (χ3n) is 3.43. The number of fused-ring (bicyclic) bond motifs is 1. The predicted molar refractivity (Wildman–Crippen MR) is 81.0 cm³/mol. The van der Waals surface area contributed by atoms with E-state index >= 15 is 0 Å². The first-order valence-electron chi connectivity index (χ1n) is 6.61. The largest absolute Gasteiger partial charge is 0.326 e. The number of anilines is 1. The van der Waals surface area contributed by atoms with Gasteiger partial charge in [-0.05, 0) is 29.3 Å². The molecule has 1 amide bonds. The molecule has 0 saturated carbocycles. The van der Waals surface area contributed by atoms with Gasteiger partial charge in [-0.3, -0.25) is 4.79 Å². The van der Waals surface area contributed by atoms with Gasteiger partial charge in [-0.2, -0.15) is 0 Å². The maximum absolute atomic E-state index is 11.7. The summed E-state index contributed by atoms with van der Waals surface area (Å²) in [5.41, 5.74) is 2.98. The van der Waals surface area contributed by atoms with Crippen LogP contribution in [0.5, 0.6) is 0 Å². The van der Waals surface area contributed by atoms with Gasteiger partial charge in [0.15, 0.2) is 0 Å². The number of hydrogen-bond donors (Lipinski definition) is 2. The van der Waals surface area contributed by atoms with Crippen LogP contribution >= 0.6 is 11.6 Å². The molecule has 0 bridgehead atoms. The lowest BCUT2D eigenvalue weighted by atomic mass is 9.96. The van der Waals surface area contributed by atoms with E-state index in [0.717, 1.165) is 16.8 Å². The van der Waals surface area contributed by atoms with Gasteiger partial charge in [0, 0.05) is 23.7 Å². The first kappa shape index (κ1) is 13.2. The normalized spacial score (nSPS) is 18.6. The molecular weight excluding hydrogens is 272 g/mol. The Morgan fingerprint density at radius 2 is 1.90 bits per heavy atom. The van der Waals surface area contributed by atoms with E-state index in [2.05, 4.69) is 22.8 Å². The highest BCUT2D eigenvalue weighted by molar-refractivity contribution is 6.30. The lowest BCUT2D eigenvalue weighted by Crippen LogP contribution is -2.30. The van der Waals surface area contributed by atoms with Gasteiger partial charge in [-0.25, -0.2) is 0 Å². The minimum atomic E-state index is 0.0209. The van der Waals surface area contributed by atoms with E-state index in [1.54, 1.807) is 6.07 Å². The first-order valence-corrected chi connectivity index (χ1v) is 6.99.